The zero-order chi connectivity index (χ0) is 12.4. The summed E-state index contributed by atoms with van der Waals surface area (Å²) < 4.78 is 10.9. The number of ether oxygens (including phenoxy) is 2. The molecule has 1 unspecified atom stereocenters. The van der Waals surface area contributed by atoms with Crippen LogP contribution in [0, 0.1) is 0 Å². The molecule has 0 amide bonds. The predicted octanol–water partition coefficient (Wildman–Crippen LogP) is 1.18. The zero-order valence-corrected chi connectivity index (χ0v) is 11.1. The van der Waals surface area contributed by atoms with Crippen molar-refractivity contribution < 1.29 is 14.6 Å². The molecule has 0 spiro atoms. The molecule has 0 aromatic carbocycles. The third kappa shape index (κ3) is 8.05. The third-order valence-corrected chi connectivity index (χ3v) is 2.69. The molecular formula is C12H27NO3. The number of hydrogen-bond acceptors (Lipinski definition) is 4. The molecule has 4 heteroatoms. The maximum Gasteiger partial charge on any atom is 0.0644 e. The van der Waals surface area contributed by atoms with Gasteiger partial charge in [-0.2, -0.15) is 0 Å². The topological polar surface area (TPSA) is 50.7 Å². The van der Waals surface area contributed by atoms with Crippen LogP contribution in [0.25, 0.3) is 0 Å². The zero-order valence-electron chi connectivity index (χ0n) is 11.1. The molecular weight excluding hydrogens is 206 g/mol. The number of rotatable bonds is 10. The van der Waals surface area contributed by atoms with E-state index in [-0.39, 0.29) is 18.2 Å². The highest BCUT2D eigenvalue weighted by Gasteiger charge is 2.16. The van der Waals surface area contributed by atoms with Crippen LogP contribution in [0.2, 0.25) is 0 Å². The van der Waals surface area contributed by atoms with Gasteiger partial charge in [-0.15, -0.1) is 0 Å². The van der Waals surface area contributed by atoms with Gasteiger partial charge in [-0.25, -0.2) is 0 Å². The van der Waals surface area contributed by atoms with Crippen molar-refractivity contribution in [1.82, 2.24) is 5.32 Å². The Labute approximate surface area is 99.3 Å². The minimum Gasteiger partial charge on any atom is -0.396 e. The van der Waals surface area contributed by atoms with E-state index in [2.05, 4.69) is 12.2 Å². The summed E-state index contributed by atoms with van der Waals surface area (Å²) in [6.07, 6.45) is 1.61. The van der Waals surface area contributed by atoms with Crippen LogP contribution in [0.15, 0.2) is 0 Å². The Morgan fingerprint density at radius 1 is 1.38 bits per heavy atom. The van der Waals surface area contributed by atoms with Crippen LogP contribution in [0.3, 0.4) is 0 Å². The normalized spacial score (nSPS) is 14.1. The molecule has 0 rings (SSSR count). The fourth-order valence-electron chi connectivity index (χ4n) is 1.33. The Morgan fingerprint density at radius 3 is 2.56 bits per heavy atom. The van der Waals surface area contributed by atoms with Crippen LogP contribution < -0.4 is 5.32 Å². The number of hydrogen-bond donors (Lipinski definition) is 2. The minimum atomic E-state index is -0.120. The van der Waals surface area contributed by atoms with E-state index in [1.165, 1.54) is 0 Å². The molecule has 2 N–H and O–H groups in total. The fraction of sp³-hybridized carbons (Fsp3) is 1.00. The molecule has 0 aromatic rings. The van der Waals surface area contributed by atoms with Crippen LogP contribution >= 0.6 is 0 Å². The Bertz CT molecular complexity index is 156. The second-order valence-corrected chi connectivity index (χ2v) is 4.56. The van der Waals surface area contributed by atoms with E-state index in [1.54, 1.807) is 7.11 Å². The summed E-state index contributed by atoms with van der Waals surface area (Å²) in [6, 6.07) is 0.251. The van der Waals surface area contributed by atoms with E-state index in [4.69, 9.17) is 14.6 Å². The number of aliphatic hydroxyl groups excluding tert-OH is 1. The summed E-state index contributed by atoms with van der Waals surface area (Å²) in [5, 5.41) is 12.2. The monoisotopic (exact) mass is 233 g/mol. The van der Waals surface area contributed by atoms with E-state index in [9.17, 15) is 0 Å². The molecule has 0 aromatic heterocycles. The highest BCUT2D eigenvalue weighted by atomic mass is 16.5. The summed E-state index contributed by atoms with van der Waals surface area (Å²) in [6.45, 7) is 8.58. The molecule has 0 bridgehead atoms. The Hall–Kier alpha value is -0.160. The van der Waals surface area contributed by atoms with E-state index in [1.807, 2.05) is 13.8 Å². The van der Waals surface area contributed by atoms with Gasteiger partial charge in [-0.1, -0.05) is 6.92 Å². The molecule has 0 aliphatic carbocycles. The van der Waals surface area contributed by atoms with Gasteiger partial charge in [0.2, 0.25) is 0 Å². The van der Waals surface area contributed by atoms with Crippen LogP contribution in [0.1, 0.15) is 33.6 Å². The Morgan fingerprint density at radius 2 is 2.06 bits per heavy atom. The number of nitrogens with one attached hydrogen (secondary N) is 1. The van der Waals surface area contributed by atoms with Gasteiger partial charge in [0.05, 0.1) is 12.2 Å². The lowest BCUT2D eigenvalue weighted by Gasteiger charge is -2.23. The molecule has 16 heavy (non-hydrogen) atoms. The molecule has 0 radical (unpaired) electrons. The summed E-state index contributed by atoms with van der Waals surface area (Å²) in [7, 11) is 1.72. The molecule has 0 saturated heterocycles. The lowest BCUT2D eigenvalue weighted by molar-refractivity contribution is -0.0130. The second-order valence-electron chi connectivity index (χ2n) is 4.56. The maximum absolute atomic E-state index is 8.87. The Kier molecular flexibility index (Phi) is 8.84. The highest BCUT2D eigenvalue weighted by molar-refractivity contribution is 4.68. The van der Waals surface area contributed by atoms with Crippen LogP contribution in [0.5, 0.6) is 0 Å². The summed E-state index contributed by atoms with van der Waals surface area (Å²) >= 11 is 0. The van der Waals surface area contributed by atoms with Gasteiger partial charge in [0.25, 0.3) is 0 Å². The quantitative estimate of drug-likeness (QED) is 0.556. The predicted molar refractivity (Wildman–Crippen MR) is 65.7 cm³/mol. The van der Waals surface area contributed by atoms with Gasteiger partial charge in [0.15, 0.2) is 0 Å². The third-order valence-electron chi connectivity index (χ3n) is 2.69. The minimum absolute atomic E-state index is 0.120. The summed E-state index contributed by atoms with van der Waals surface area (Å²) in [5.74, 6) is 0. The van der Waals surface area contributed by atoms with Crippen LogP contribution in [0.4, 0.5) is 0 Å². The van der Waals surface area contributed by atoms with Crippen LogP contribution in [-0.2, 0) is 9.47 Å². The van der Waals surface area contributed by atoms with Crippen molar-refractivity contribution >= 4 is 0 Å². The Balaban J connectivity index is 3.61. The van der Waals surface area contributed by atoms with Gasteiger partial charge in [0.1, 0.15) is 0 Å². The van der Waals surface area contributed by atoms with Crippen molar-refractivity contribution in [3.8, 4) is 0 Å². The molecule has 1 atom stereocenters. The number of methoxy groups -OCH3 is 1. The van der Waals surface area contributed by atoms with E-state index >= 15 is 0 Å². The first kappa shape index (κ1) is 15.8. The maximum atomic E-state index is 8.87. The van der Waals surface area contributed by atoms with Gasteiger partial charge in [0, 0.05) is 26.4 Å². The van der Waals surface area contributed by atoms with Gasteiger partial charge < -0.3 is 19.9 Å². The molecule has 0 saturated carbocycles. The van der Waals surface area contributed by atoms with Crippen molar-refractivity contribution in [3.63, 3.8) is 0 Å². The average Bonchev–Trinajstić information content (AvgIpc) is 2.25. The lowest BCUT2D eigenvalue weighted by atomic mass is 10.1. The first-order valence-corrected chi connectivity index (χ1v) is 6.03. The number of aliphatic hydroxyl groups is 1. The lowest BCUT2D eigenvalue weighted by Crippen LogP contribution is -2.35. The average molecular weight is 233 g/mol. The summed E-state index contributed by atoms with van der Waals surface area (Å²) in [4.78, 5) is 0. The molecule has 0 aliphatic heterocycles. The van der Waals surface area contributed by atoms with E-state index < -0.39 is 0 Å². The van der Waals surface area contributed by atoms with Gasteiger partial charge >= 0.3 is 0 Å². The van der Waals surface area contributed by atoms with E-state index in [0.29, 0.717) is 13.2 Å². The van der Waals surface area contributed by atoms with Crippen molar-refractivity contribution in [2.45, 2.75) is 45.3 Å². The fourth-order valence-corrected chi connectivity index (χ4v) is 1.33. The van der Waals surface area contributed by atoms with Crippen molar-refractivity contribution in [2.75, 3.05) is 33.5 Å². The molecule has 0 aliphatic rings. The largest absolute Gasteiger partial charge is 0.396 e. The molecule has 4 nitrogen and oxygen atoms in total. The van der Waals surface area contributed by atoms with Gasteiger partial charge in [-0.05, 0) is 33.2 Å². The highest BCUT2D eigenvalue weighted by Crippen LogP contribution is 2.12. The molecule has 0 fully saturated rings. The summed E-state index contributed by atoms with van der Waals surface area (Å²) in [5.41, 5.74) is -0.120. The standard InChI is InChI=1S/C12H27NO3/c1-5-13-11(6-8-14)10-16-9-7-12(2,3)15-4/h11,13-14H,5-10H2,1-4H3. The first-order chi connectivity index (χ1) is 7.55. The van der Waals surface area contributed by atoms with E-state index in [0.717, 1.165) is 19.4 Å². The van der Waals surface area contributed by atoms with Crippen molar-refractivity contribution in [3.05, 3.63) is 0 Å². The van der Waals surface area contributed by atoms with Gasteiger partial charge in [-0.3, -0.25) is 0 Å². The smallest absolute Gasteiger partial charge is 0.0644 e. The molecule has 0 heterocycles. The molecule has 98 valence electrons. The van der Waals surface area contributed by atoms with Crippen molar-refractivity contribution in [2.24, 2.45) is 0 Å². The second kappa shape index (κ2) is 8.93. The van der Waals surface area contributed by atoms with Crippen LogP contribution in [-0.4, -0.2) is 50.2 Å². The SMILES string of the molecule is CCNC(CCO)COCCC(C)(C)OC. The first-order valence-electron chi connectivity index (χ1n) is 6.03. The van der Waals surface area contributed by atoms with Crippen molar-refractivity contribution in [1.29, 1.82) is 0 Å². The number of likely N-dealkylation sites (N-methyl/N-ethyl adjacent to an activating group) is 1.